The van der Waals surface area contributed by atoms with Gasteiger partial charge in [-0.25, -0.2) is 4.39 Å². The normalized spacial score (nSPS) is 13.0. The van der Waals surface area contributed by atoms with Crippen molar-refractivity contribution in [2.45, 2.75) is 6.42 Å². The number of fused-ring (bicyclic) bond motifs is 1. The van der Waals surface area contributed by atoms with Crippen molar-refractivity contribution in [3.8, 4) is 11.5 Å². The van der Waals surface area contributed by atoms with E-state index in [9.17, 15) is 9.18 Å². The molecular weight excluding hydrogens is 295 g/mol. The number of ether oxygens (including phenoxy) is 2. The van der Waals surface area contributed by atoms with E-state index in [4.69, 9.17) is 21.1 Å². The molecule has 5 heteroatoms. The zero-order valence-corrected chi connectivity index (χ0v) is 11.8. The molecule has 0 radical (unpaired) electrons. The Labute approximate surface area is 126 Å². The highest BCUT2D eigenvalue weighted by molar-refractivity contribution is 6.30. The number of Topliss-reactive ketones (excluding diaryl/α,β-unsaturated/α-hetero) is 1. The molecule has 0 fully saturated rings. The molecular formula is C16H12ClFO3. The molecule has 108 valence electrons. The summed E-state index contributed by atoms with van der Waals surface area (Å²) >= 11 is 5.73. The van der Waals surface area contributed by atoms with Crippen molar-refractivity contribution in [3.63, 3.8) is 0 Å². The third-order valence-electron chi connectivity index (χ3n) is 3.22. The standard InChI is InChI=1S/C16H12ClFO3/c17-12-8-10(4-5-13(12)18)9-14(19)11-2-1-3-15-16(11)21-7-6-20-15/h1-5,8H,6-7,9H2. The SMILES string of the molecule is O=C(Cc1ccc(F)c(Cl)c1)c1cccc2c1OCCO2. The van der Waals surface area contributed by atoms with Gasteiger partial charge in [-0.2, -0.15) is 0 Å². The Hall–Kier alpha value is -2.07. The van der Waals surface area contributed by atoms with E-state index in [0.29, 0.717) is 35.8 Å². The number of hydrogen-bond acceptors (Lipinski definition) is 3. The van der Waals surface area contributed by atoms with Crippen LogP contribution in [0.3, 0.4) is 0 Å². The molecule has 2 aromatic carbocycles. The molecule has 0 bridgehead atoms. The van der Waals surface area contributed by atoms with Crippen LogP contribution in [0.4, 0.5) is 4.39 Å². The van der Waals surface area contributed by atoms with Gasteiger partial charge in [-0.1, -0.05) is 23.7 Å². The molecule has 0 unspecified atom stereocenters. The zero-order valence-electron chi connectivity index (χ0n) is 11.1. The van der Waals surface area contributed by atoms with Crippen LogP contribution < -0.4 is 9.47 Å². The first-order chi connectivity index (χ1) is 10.1. The molecule has 0 N–H and O–H groups in total. The van der Waals surface area contributed by atoms with Gasteiger partial charge in [0.05, 0.1) is 10.6 Å². The first kappa shape index (κ1) is 13.9. The van der Waals surface area contributed by atoms with Crippen LogP contribution in [0.25, 0.3) is 0 Å². The van der Waals surface area contributed by atoms with Crippen LogP contribution in [0.2, 0.25) is 5.02 Å². The molecule has 0 saturated heterocycles. The number of rotatable bonds is 3. The molecule has 0 atom stereocenters. The summed E-state index contributed by atoms with van der Waals surface area (Å²) in [6.45, 7) is 0.887. The van der Waals surface area contributed by atoms with E-state index in [0.717, 1.165) is 0 Å². The van der Waals surface area contributed by atoms with E-state index in [2.05, 4.69) is 0 Å². The number of benzene rings is 2. The van der Waals surface area contributed by atoms with Crippen molar-refractivity contribution < 1.29 is 18.7 Å². The fourth-order valence-electron chi connectivity index (χ4n) is 2.22. The third-order valence-corrected chi connectivity index (χ3v) is 3.50. The Morgan fingerprint density at radius 2 is 2.00 bits per heavy atom. The monoisotopic (exact) mass is 306 g/mol. The van der Waals surface area contributed by atoms with Crippen LogP contribution in [-0.2, 0) is 6.42 Å². The zero-order chi connectivity index (χ0) is 14.8. The highest BCUT2D eigenvalue weighted by Crippen LogP contribution is 2.34. The molecule has 1 aliphatic heterocycles. The Morgan fingerprint density at radius 3 is 2.81 bits per heavy atom. The minimum Gasteiger partial charge on any atom is -0.486 e. The molecule has 0 aromatic heterocycles. The van der Waals surface area contributed by atoms with E-state index < -0.39 is 5.82 Å². The maximum Gasteiger partial charge on any atom is 0.172 e. The lowest BCUT2D eigenvalue weighted by atomic mass is 10.0. The van der Waals surface area contributed by atoms with Gasteiger partial charge in [-0.15, -0.1) is 0 Å². The summed E-state index contributed by atoms with van der Waals surface area (Å²) in [4.78, 5) is 12.4. The van der Waals surface area contributed by atoms with E-state index in [-0.39, 0.29) is 17.2 Å². The summed E-state index contributed by atoms with van der Waals surface area (Å²) in [5, 5.41) is 0.00924. The molecule has 0 spiro atoms. The molecule has 1 aliphatic rings. The fourth-order valence-corrected chi connectivity index (χ4v) is 2.43. The Morgan fingerprint density at radius 1 is 1.19 bits per heavy atom. The van der Waals surface area contributed by atoms with Crippen molar-refractivity contribution in [1.82, 2.24) is 0 Å². The predicted octanol–water partition coefficient (Wildman–Crippen LogP) is 3.68. The second-order valence-electron chi connectivity index (χ2n) is 4.68. The van der Waals surface area contributed by atoms with Crippen LogP contribution >= 0.6 is 11.6 Å². The lowest BCUT2D eigenvalue weighted by Crippen LogP contribution is -2.18. The topological polar surface area (TPSA) is 35.5 Å². The van der Waals surface area contributed by atoms with Gasteiger partial charge in [-0.3, -0.25) is 4.79 Å². The van der Waals surface area contributed by atoms with E-state index >= 15 is 0 Å². The summed E-state index contributed by atoms with van der Waals surface area (Å²) < 4.78 is 24.1. The van der Waals surface area contributed by atoms with E-state index in [1.54, 1.807) is 24.3 Å². The molecule has 0 aliphatic carbocycles. The average Bonchev–Trinajstić information content (AvgIpc) is 2.50. The number of halogens is 2. The van der Waals surface area contributed by atoms with Crippen molar-refractivity contribution in [2.24, 2.45) is 0 Å². The number of para-hydroxylation sites is 1. The highest BCUT2D eigenvalue weighted by atomic mass is 35.5. The Bertz CT molecular complexity index is 700. The number of carbonyl (C=O) groups is 1. The second-order valence-corrected chi connectivity index (χ2v) is 5.09. The average molecular weight is 307 g/mol. The number of hydrogen-bond donors (Lipinski definition) is 0. The number of carbonyl (C=O) groups excluding carboxylic acids is 1. The minimum atomic E-state index is -0.498. The summed E-state index contributed by atoms with van der Waals surface area (Å²) in [6.07, 6.45) is 0.125. The van der Waals surface area contributed by atoms with Gasteiger partial charge < -0.3 is 9.47 Å². The minimum absolute atomic E-state index is 0.00924. The summed E-state index contributed by atoms with van der Waals surface area (Å²) in [7, 11) is 0. The first-order valence-electron chi connectivity index (χ1n) is 6.51. The van der Waals surface area contributed by atoms with Crippen molar-refractivity contribution in [2.75, 3.05) is 13.2 Å². The summed E-state index contributed by atoms with van der Waals surface area (Å²) in [5.41, 5.74) is 1.12. The smallest absolute Gasteiger partial charge is 0.172 e. The van der Waals surface area contributed by atoms with Gasteiger partial charge in [0.2, 0.25) is 0 Å². The van der Waals surface area contributed by atoms with Crippen LogP contribution in [0, 0.1) is 5.82 Å². The maximum atomic E-state index is 13.1. The molecule has 0 saturated carbocycles. The van der Waals surface area contributed by atoms with Crippen LogP contribution in [0.15, 0.2) is 36.4 Å². The Kier molecular flexibility index (Phi) is 3.80. The summed E-state index contributed by atoms with van der Waals surface area (Å²) in [5.74, 6) is 0.424. The molecule has 21 heavy (non-hydrogen) atoms. The van der Waals surface area contributed by atoms with E-state index in [1.165, 1.54) is 12.1 Å². The first-order valence-corrected chi connectivity index (χ1v) is 6.88. The molecule has 3 rings (SSSR count). The molecule has 0 amide bonds. The van der Waals surface area contributed by atoms with Gasteiger partial charge in [0, 0.05) is 6.42 Å². The number of ketones is 1. The molecule has 3 nitrogen and oxygen atoms in total. The lowest BCUT2D eigenvalue weighted by Gasteiger charge is -2.20. The van der Waals surface area contributed by atoms with Gasteiger partial charge in [0.25, 0.3) is 0 Å². The fraction of sp³-hybridized carbons (Fsp3) is 0.188. The van der Waals surface area contributed by atoms with Crippen LogP contribution in [-0.4, -0.2) is 19.0 Å². The van der Waals surface area contributed by atoms with Gasteiger partial charge in [0.1, 0.15) is 19.0 Å². The van der Waals surface area contributed by atoms with Crippen molar-refractivity contribution >= 4 is 17.4 Å². The van der Waals surface area contributed by atoms with Crippen molar-refractivity contribution in [1.29, 1.82) is 0 Å². The summed E-state index contributed by atoms with van der Waals surface area (Å²) in [6, 6.07) is 9.47. The van der Waals surface area contributed by atoms with Gasteiger partial charge >= 0.3 is 0 Å². The predicted molar refractivity (Wildman–Crippen MR) is 76.9 cm³/mol. The maximum absolute atomic E-state index is 13.1. The van der Waals surface area contributed by atoms with Crippen LogP contribution in [0.1, 0.15) is 15.9 Å². The van der Waals surface area contributed by atoms with Crippen molar-refractivity contribution in [3.05, 3.63) is 58.4 Å². The largest absolute Gasteiger partial charge is 0.486 e. The lowest BCUT2D eigenvalue weighted by molar-refractivity contribution is 0.0981. The quantitative estimate of drug-likeness (QED) is 0.812. The molecule has 1 heterocycles. The van der Waals surface area contributed by atoms with E-state index in [1.807, 2.05) is 0 Å². The Balaban J connectivity index is 1.87. The third kappa shape index (κ3) is 2.85. The molecule has 2 aromatic rings. The second kappa shape index (κ2) is 5.74. The van der Waals surface area contributed by atoms with Crippen LogP contribution in [0.5, 0.6) is 11.5 Å². The highest BCUT2D eigenvalue weighted by Gasteiger charge is 2.20. The van der Waals surface area contributed by atoms with Gasteiger partial charge in [0.15, 0.2) is 17.3 Å². The van der Waals surface area contributed by atoms with Gasteiger partial charge in [-0.05, 0) is 29.8 Å².